The Morgan fingerprint density at radius 3 is 2.43 bits per heavy atom. The molecular weight excluding hydrogens is 294 g/mol. The summed E-state index contributed by atoms with van der Waals surface area (Å²) < 4.78 is 12.1. The molecule has 0 unspecified atom stereocenters. The van der Waals surface area contributed by atoms with E-state index in [1.54, 1.807) is 6.92 Å². The van der Waals surface area contributed by atoms with E-state index in [9.17, 15) is 4.79 Å². The zero-order valence-electron chi connectivity index (χ0n) is 12.5. The fourth-order valence-electron chi connectivity index (χ4n) is 1.98. The standard InChI is InChI=1S/C17H15N3O3/c1-2-22-17(21)16-12-20(19-18-16)13-8-10-15(11-9-13)23-14-6-4-3-5-7-14/h3-12H,2H2,1H3. The first-order chi connectivity index (χ1) is 11.3. The Bertz CT molecular complexity index is 782. The van der Waals surface area contributed by atoms with Crippen LogP contribution in [-0.4, -0.2) is 27.6 Å². The molecule has 0 fully saturated rings. The number of rotatable bonds is 5. The Balaban J connectivity index is 1.73. The second-order valence-electron chi connectivity index (χ2n) is 4.68. The van der Waals surface area contributed by atoms with Crippen LogP contribution in [0, 0.1) is 0 Å². The third kappa shape index (κ3) is 3.55. The minimum Gasteiger partial charge on any atom is -0.461 e. The quantitative estimate of drug-likeness (QED) is 0.677. The lowest BCUT2D eigenvalue weighted by atomic mass is 10.3. The molecule has 3 rings (SSSR count). The van der Waals surface area contributed by atoms with E-state index < -0.39 is 5.97 Å². The minimum absolute atomic E-state index is 0.177. The Hall–Kier alpha value is -3.15. The van der Waals surface area contributed by atoms with Crippen LogP contribution in [0.4, 0.5) is 0 Å². The van der Waals surface area contributed by atoms with Crippen molar-refractivity contribution in [2.24, 2.45) is 0 Å². The number of nitrogens with zero attached hydrogens (tertiary/aromatic N) is 3. The van der Waals surface area contributed by atoms with Crippen molar-refractivity contribution in [1.82, 2.24) is 15.0 Å². The van der Waals surface area contributed by atoms with Gasteiger partial charge in [-0.05, 0) is 43.3 Å². The van der Waals surface area contributed by atoms with Gasteiger partial charge in [0.15, 0.2) is 5.69 Å². The summed E-state index contributed by atoms with van der Waals surface area (Å²) in [4.78, 5) is 11.6. The van der Waals surface area contributed by atoms with Gasteiger partial charge in [0.05, 0.1) is 18.5 Å². The number of hydrogen-bond acceptors (Lipinski definition) is 5. The number of aromatic nitrogens is 3. The molecule has 0 aliphatic heterocycles. The van der Waals surface area contributed by atoms with Crippen LogP contribution in [-0.2, 0) is 4.74 Å². The van der Waals surface area contributed by atoms with Gasteiger partial charge < -0.3 is 9.47 Å². The molecule has 2 aromatic carbocycles. The highest BCUT2D eigenvalue weighted by molar-refractivity contribution is 5.86. The lowest BCUT2D eigenvalue weighted by Crippen LogP contribution is -2.04. The zero-order valence-corrected chi connectivity index (χ0v) is 12.5. The number of hydrogen-bond donors (Lipinski definition) is 0. The molecule has 6 nitrogen and oxygen atoms in total. The molecule has 0 atom stereocenters. The van der Waals surface area contributed by atoms with Crippen LogP contribution >= 0.6 is 0 Å². The molecule has 1 aromatic heterocycles. The molecule has 0 amide bonds. The topological polar surface area (TPSA) is 66.2 Å². The van der Waals surface area contributed by atoms with Crippen molar-refractivity contribution in [3.8, 4) is 17.2 Å². The van der Waals surface area contributed by atoms with Crippen molar-refractivity contribution in [3.63, 3.8) is 0 Å². The van der Waals surface area contributed by atoms with Gasteiger partial charge in [-0.2, -0.15) is 0 Å². The van der Waals surface area contributed by atoms with Crippen LogP contribution in [0.15, 0.2) is 60.8 Å². The number of carbonyl (C=O) groups is 1. The van der Waals surface area contributed by atoms with Crippen molar-refractivity contribution in [2.45, 2.75) is 6.92 Å². The van der Waals surface area contributed by atoms with Crippen LogP contribution in [0.2, 0.25) is 0 Å². The zero-order chi connectivity index (χ0) is 16.1. The molecule has 23 heavy (non-hydrogen) atoms. The second-order valence-corrected chi connectivity index (χ2v) is 4.68. The van der Waals surface area contributed by atoms with Gasteiger partial charge in [-0.3, -0.25) is 0 Å². The van der Waals surface area contributed by atoms with E-state index in [0.717, 1.165) is 11.4 Å². The van der Waals surface area contributed by atoms with Crippen molar-refractivity contribution in [2.75, 3.05) is 6.61 Å². The van der Waals surface area contributed by atoms with E-state index in [1.807, 2.05) is 54.6 Å². The lowest BCUT2D eigenvalue weighted by Gasteiger charge is -2.06. The molecule has 0 aliphatic rings. The fraction of sp³-hybridized carbons (Fsp3) is 0.118. The van der Waals surface area contributed by atoms with Crippen LogP contribution in [0.3, 0.4) is 0 Å². The van der Waals surface area contributed by atoms with Crippen LogP contribution in [0.25, 0.3) is 5.69 Å². The molecule has 1 heterocycles. The maximum absolute atomic E-state index is 11.6. The summed E-state index contributed by atoms with van der Waals surface area (Å²) in [5, 5.41) is 7.74. The first-order valence-corrected chi connectivity index (χ1v) is 7.19. The number of carbonyl (C=O) groups excluding carboxylic acids is 1. The number of para-hydroxylation sites is 1. The largest absolute Gasteiger partial charge is 0.461 e. The van der Waals surface area contributed by atoms with Crippen molar-refractivity contribution < 1.29 is 14.3 Å². The van der Waals surface area contributed by atoms with Gasteiger partial charge in [-0.1, -0.05) is 23.4 Å². The average molecular weight is 309 g/mol. The molecule has 0 saturated carbocycles. The summed E-state index contributed by atoms with van der Waals surface area (Å²) in [6, 6.07) is 16.9. The van der Waals surface area contributed by atoms with E-state index in [-0.39, 0.29) is 5.69 Å². The van der Waals surface area contributed by atoms with Crippen molar-refractivity contribution in [1.29, 1.82) is 0 Å². The minimum atomic E-state index is -0.484. The monoisotopic (exact) mass is 309 g/mol. The third-order valence-corrected chi connectivity index (χ3v) is 3.06. The summed E-state index contributed by atoms with van der Waals surface area (Å²) in [5.74, 6) is 0.999. The highest BCUT2D eigenvalue weighted by atomic mass is 16.5. The normalized spacial score (nSPS) is 10.3. The summed E-state index contributed by atoms with van der Waals surface area (Å²) in [5.41, 5.74) is 0.949. The number of ether oxygens (including phenoxy) is 2. The van der Waals surface area contributed by atoms with E-state index in [4.69, 9.17) is 9.47 Å². The first-order valence-electron chi connectivity index (χ1n) is 7.19. The third-order valence-electron chi connectivity index (χ3n) is 3.06. The van der Waals surface area contributed by atoms with Gasteiger partial charge in [0.2, 0.25) is 0 Å². The molecule has 0 saturated heterocycles. The Labute approximate surface area is 133 Å². The first kappa shape index (κ1) is 14.8. The Morgan fingerprint density at radius 2 is 1.74 bits per heavy atom. The van der Waals surface area contributed by atoms with Crippen LogP contribution in [0.1, 0.15) is 17.4 Å². The molecule has 116 valence electrons. The van der Waals surface area contributed by atoms with Gasteiger partial charge in [-0.25, -0.2) is 9.48 Å². The van der Waals surface area contributed by atoms with E-state index in [1.165, 1.54) is 10.9 Å². The molecule has 0 bridgehead atoms. The smallest absolute Gasteiger partial charge is 0.360 e. The molecule has 3 aromatic rings. The van der Waals surface area contributed by atoms with Gasteiger partial charge in [-0.15, -0.1) is 5.10 Å². The lowest BCUT2D eigenvalue weighted by molar-refractivity contribution is 0.0519. The van der Waals surface area contributed by atoms with E-state index >= 15 is 0 Å². The van der Waals surface area contributed by atoms with Gasteiger partial charge in [0, 0.05) is 0 Å². The summed E-state index contributed by atoms with van der Waals surface area (Å²) in [7, 11) is 0. The fourth-order valence-corrected chi connectivity index (χ4v) is 1.98. The Kier molecular flexibility index (Phi) is 4.33. The molecule has 0 radical (unpaired) electrons. The van der Waals surface area contributed by atoms with Crippen molar-refractivity contribution in [3.05, 3.63) is 66.5 Å². The van der Waals surface area contributed by atoms with Crippen LogP contribution in [0.5, 0.6) is 11.5 Å². The van der Waals surface area contributed by atoms with Gasteiger partial charge in [0.25, 0.3) is 0 Å². The molecule has 0 N–H and O–H groups in total. The maximum Gasteiger partial charge on any atom is 0.360 e. The highest BCUT2D eigenvalue weighted by Gasteiger charge is 2.12. The van der Waals surface area contributed by atoms with E-state index in [0.29, 0.717) is 12.4 Å². The molecule has 6 heteroatoms. The molecule has 0 spiro atoms. The summed E-state index contributed by atoms with van der Waals surface area (Å²) in [6.45, 7) is 2.05. The maximum atomic E-state index is 11.6. The van der Waals surface area contributed by atoms with Gasteiger partial charge in [0.1, 0.15) is 11.5 Å². The molecule has 0 aliphatic carbocycles. The highest BCUT2D eigenvalue weighted by Crippen LogP contribution is 2.22. The second kappa shape index (κ2) is 6.74. The summed E-state index contributed by atoms with van der Waals surface area (Å²) >= 11 is 0. The number of esters is 1. The van der Waals surface area contributed by atoms with Crippen molar-refractivity contribution >= 4 is 5.97 Å². The number of benzene rings is 2. The average Bonchev–Trinajstić information content (AvgIpc) is 3.07. The predicted molar refractivity (Wildman–Crippen MR) is 83.8 cm³/mol. The van der Waals surface area contributed by atoms with E-state index in [2.05, 4.69) is 10.3 Å². The van der Waals surface area contributed by atoms with Gasteiger partial charge >= 0.3 is 5.97 Å². The summed E-state index contributed by atoms with van der Waals surface area (Å²) in [6.07, 6.45) is 1.53. The predicted octanol–water partition coefficient (Wildman–Crippen LogP) is 3.24. The molecular formula is C17H15N3O3. The Morgan fingerprint density at radius 1 is 1.04 bits per heavy atom. The van der Waals surface area contributed by atoms with Crippen LogP contribution < -0.4 is 4.74 Å². The SMILES string of the molecule is CCOC(=O)c1cn(-c2ccc(Oc3ccccc3)cc2)nn1.